The summed E-state index contributed by atoms with van der Waals surface area (Å²) in [5.74, 6) is -8.23. The van der Waals surface area contributed by atoms with Crippen LogP contribution in [-0.2, 0) is 11.3 Å². The van der Waals surface area contributed by atoms with Gasteiger partial charge in [0.25, 0.3) is 23.0 Å². The second kappa shape index (κ2) is 29.0. The fourth-order valence-corrected chi connectivity index (χ4v) is 11.4. The summed E-state index contributed by atoms with van der Waals surface area (Å²) >= 11 is 16.0. The van der Waals surface area contributed by atoms with E-state index in [0.29, 0.717) is 0 Å². The molecular weight excluding hydrogens is 1720 g/mol. The van der Waals surface area contributed by atoms with E-state index in [-0.39, 0.29) is 81.1 Å². The number of hydrogen-bond donors (Lipinski definition) is 4. The van der Waals surface area contributed by atoms with E-state index < -0.39 is 153 Å². The average molecular weight is 1750 g/mol. The van der Waals surface area contributed by atoms with E-state index in [0.717, 1.165) is 78.7 Å². The van der Waals surface area contributed by atoms with Crippen molar-refractivity contribution in [1.82, 2.24) is 0 Å². The minimum absolute atomic E-state index is 0.0197. The van der Waals surface area contributed by atoms with Crippen LogP contribution in [0.3, 0.4) is 0 Å². The molecular formula is C58H29Br4ClF22N4O12. The summed E-state index contributed by atoms with van der Waals surface area (Å²) in [4.78, 5) is 60.1. The van der Waals surface area contributed by atoms with Gasteiger partial charge in [-0.3, -0.25) is 19.2 Å². The molecule has 101 heavy (non-hydrogen) atoms. The van der Waals surface area contributed by atoms with Crippen molar-refractivity contribution in [3.63, 3.8) is 0 Å². The topological polar surface area (TPSA) is 200 Å². The van der Waals surface area contributed by atoms with Crippen molar-refractivity contribution < 1.29 is 154 Å². The highest BCUT2D eigenvalue weighted by atomic mass is 79.9. The number of carbonyl (C=O) groups is 5. The van der Waals surface area contributed by atoms with Gasteiger partial charge in [-0.1, -0.05) is 12.1 Å². The van der Waals surface area contributed by atoms with E-state index in [2.05, 4.69) is 108 Å². The zero-order valence-electron chi connectivity index (χ0n) is 48.6. The molecule has 3 aliphatic rings. The van der Waals surface area contributed by atoms with E-state index in [1.54, 1.807) is 0 Å². The molecule has 542 valence electrons. The van der Waals surface area contributed by atoms with E-state index in [9.17, 15) is 116 Å². The maximum Gasteiger partial charge on any atom is 0.586 e. The number of nitrogens with zero attached hydrogens (tertiary/aromatic N) is 1. The van der Waals surface area contributed by atoms with Crippen LogP contribution in [0, 0.1) is 11.6 Å². The quantitative estimate of drug-likeness (QED) is 0.0705. The number of nitrogens with one attached hydrogen (secondary N) is 3. The van der Waals surface area contributed by atoms with Gasteiger partial charge in [-0.25, -0.2) is 22.4 Å². The minimum atomic E-state index is -6.40. The number of carbonyl (C=O) groups excluding carboxylic acids is 4. The number of benzene rings is 7. The van der Waals surface area contributed by atoms with Gasteiger partial charge in [0, 0.05) is 54.2 Å². The summed E-state index contributed by atoms with van der Waals surface area (Å²) < 4.78 is 314. The monoisotopic (exact) mass is 1740 g/mol. The second-order valence-electron chi connectivity index (χ2n) is 19.8. The number of anilines is 4. The van der Waals surface area contributed by atoms with Crippen molar-refractivity contribution in [3.8, 4) is 34.5 Å². The Labute approximate surface area is 586 Å². The lowest BCUT2D eigenvalue weighted by atomic mass is 9.94. The number of carboxylic acid groups (broad SMARTS) is 1. The summed E-state index contributed by atoms with van der Waals surface area (Å²) in [6, 6.07) is 17.7. The van der Waals surface area contributed by atoms with Crippen LogP contribution in [0.25, 0.3) is 0 Å². The van der Waals surface area contributed by atoms with E-state index in [1.165, 1.54) is 31.3 Å². The van der Waals surface area contributed by atoms with Crippen LogP contribution < -0.4 is 49.3 Å². The number of amides is 3. The molecule has 7 aromatic carbocycles. The molecule has 0 aliphatic carbocycles. The van der Waals surface area contributed by atoms with Crippen molar-refractivity contribution in [2.24, 2.45) is 0 Å². The van der Waals surface area contributed by atoms with Gasteiger partial charge < -0.3 is 54.4 Å². The Morgan fingerprint density at radius 3 is 1.12 bits per heavy atom. The molecule has 3 aliphatic heterocycles. The van der Waals surface area contributed by atoms with Crippen LogP contribution in [0.4, 0.5) is 119 Å². The van der Waals surface area contributed by atoms with Crippen LogP contribution in [-0.4, -0.2) is 91.7 Å². The Morgan fingerprint density at radius 2 is 0.772 bits per heavy atom. The molecule has 10 rings (SSSR count). The molecule has 0 unspecified atom stereocenters. The third-order valence-electron chi connectivity index (χ3n) is 13.2. The zero-order chi connectivity index (χ0) is 76.0. The number of carboxylic acids is 1. The third kappa shape index (κ3) is 17.1. The predicted molar refractivity (Wildman–Crippen MR) is 320 cm³/mol. The summed E-state index contributed by atoms with van der Waals surface area (Å²) in [5.41, 5.74) is -17.8. The standard InChI is InChI=1S/C25H12Br2F10N2O4.C17H10Br2F8N2O.C8H3ClF2O3.C8H4F2O4/c1-39(21(41)10-5-6-16-17(7-10)43-25(36,37)42-16)15-4-2-3-12(18(15)28)20(40)38-19-13(26)8-11(9-14(19)27)22(29,23(30,31)32)24(33,34)35;1-28-11-4-2-3-8(12(11)20)14(30)29-13-9(18)5-7(6-10(13)19)15(21,16(22,23)24)17(25,26)27;9-7(12)4-1-2-5-6(3-4)14-8(10,11)13-5;9-8(10)13-5-2-1-4(7(11)12)3-6(5)14-8/h2-9H,1H3,(H,38,40);2-6,28H,1H3,(H,29,30);1-3H;1-3H,(H,11,12). The first-order valence-electron chi connectivity index (χ1n) is 26.2. The highest BCUT2D eigenvalue weighted by Gasteiger charge is 2.75. The molecule has 0 radical (unpaired) electrons. The van der Waals surface area contributed by atoms with Crippen molar-refractivity contribution in [2.75, 3.05) is 34.9 Å². The molecule has 16 nitrogen and oxygen atoms in total. The van der Waals surface area contributed by atoms with Crippen LogP contribution in [0.2, 0.25) is 0 Å². The summed E-state index contributed by atoms with van der Waals surface area (Å²) in [5, 5.41) is 14.6. The fraction of sp³-hybridized carbons (Fsp3) is 0.190. The van der Waals surface area contributed by atoms with Crippen LogP contribution in [0.1, 0.15) is 62.9 Å². The highest BCUT2D eigenvalue weighted by molar-refractivity contribution is 9.11. The lowest BCUT2D eigenvalue weighted by Crippen LogP contribution is -2.50. The fourth-order valence-electron chi connectivity index (χ4n) is 8.51. The first-order chi connectivity index (χ1) is 46.3. The molecule has 4 N–H and O–H groups in total. The normalized spacial score (nSPS) is 14.5. The number of rotatable bonds is 11. The van der Waals surface area contributed by atoms with Gasteiger partial charge in [0.05, 0.1) is 39.4 Å². The summed E-state index contributed by atoms with van der Waals surface area (Å²) in [6.45, 7) is 0. The van der Waals surface area contributed by atoms with Gasteiger partial charge in [0.2, 0.25) is 0 Å². The minimum Gasteiger partial charge on any atom is -0.478 e. The molecule has 0 spiro atoms. The van der Waals surface area contributed by atoms with Crippen molar-refractivity contribution in [2.45, 2.75) is 54.9 Å². The number of aromatic carboxylic acids is 1. The molecule has 0 saturated carbocycles. The first-order valence-corrected chi connectivity index (χ1v) is 29.8. The van der Waals surface area contributed by atoms with Gasteiger partial charge in [-0.2, -0.15) is 52.7 Å². The zero-order valence-corrected chi connectivity index (χ0v) is 55.7. The Bertz CT molecular complexity index is 4280. The molecule has 0 atom stereocenters. The van der Waals surface area contributed by atoms with Crippen LogP contribution in [0.15, 0.2) is 133 Å². The van der Waals surface area contributed by atoms with Gasteiger partial charge in [0.15, 0.2) is 46.1 Å². The Morgan fingerprint density at radius 1 is 0.455 bits per heavy atom. The smallest absolute Gasteiger partial charge is 0.478 e. The average Bonchev–Trinajstić information content (AvgIpc) is 1.65. The third-order valence-corrected chi connectivity index (χ3v) is 16.0. The number of fused-ring (bicyclic) bond motifs is 3. The van der Waals surface area contributed by atoms with Gasteiger partial charge in [-0.05, 0) is 178 Å². The number of alkyl halides is 20. The van der Waals surface area contributed by atoms with E-state index in [1.807, 2.05) is 0 Å². The van der Waals surface area contributed by atoms with Crippen molar-refractivity contribution in [1.29, 1.82) is 0 Å². The largest absolute Gasteiger partial charge is 0.586 e. The summed E-state index contributed by atoms with van der Waals surface area (Å²) in [7, 11) is 2.49. The number of hydrogen-bond acceptors (Lipinski definition) is 12. The molecule has 7 aromatic rings. The molecule has 0 fully saturated rings. The van der Waals surface area contributed by atoms with E-state index >= 15 is 4.39 Å². The van der Waals surface area contributed by atoms with Crippen molar-refractivity contribution >= 4 is 127 Å². The van der Waals surface area contributed by atoms with Gasteiger partial charge in [0.1, 0.15) is 0 Å². The molecule has 0 bridgehead atoms. The van der Waals surface area contributed by atoms with Crippen molar-refractivity contribution in [3.05, 3.63) is 184 Å². The summed E-state index contributed by atoms with van der Waals surface area (Å²) in [6.07, 6.45) is -36.7. The molecule has 3 heterocycles. The predicted octanol–water partition coefficient (Wildman–Crippen LogP) is 19.5. The Hall–Kier alpha value is -8.64. The van der Waals surface area contributed by atoms with Crippen LogP contribution >= 0.6 is 75.3 Å². The first kappa shape index (κ1) is 79.7. The molecule has 0 saturated heterocycles. The maximum atomic E-state index is 15.4. The highest BCUT2D eigenvalue weighted by Crippen LogP contribution is 2.57. The van der Waals surface area contributed by atoms with Gasteiger partial charge >= 0.3 is 60.9 Å². The molecule has 43 heteroatoms. The second-order valence-corrected chi connectivity index (χ2v) is 23.6. The SMILES string of the molecule is CN(C(=O)c1ccc2c(c1)OC(F)(F)O2)c1cccc(C(=O)Nc2c(Br)cc(C(F)(C(F)(F)F)C(F)(F)F)cc2Br)c1F.CNc1cccc(C(=O)Nc2c(Br)cc(C(F)(C(F)(F)F)C(F)(F)F)cc2Br)c1F.O=C(Cl)c1ccc2c(c1)OC(F)(F)O2.O=C(O)c1ccc2c(c1)OC(F)(F)O2. The molecule has 3 amide bonds. The van der Waals surface area contributed by atoms with E-state index in [4.69, 9.17) is 16.7 Å². The van der Waals surface area contributed by atoms with Gasteiger partial charge in [-0.15, -0.1) is 26.3 Å². The molecule has 0 aromatic heterocycles. The van der Waals surface area contributed by atoms with Crippen LogP contribution in [0.5, 0.6) is 34.5 Å². The lowest BCUT2D eigenvalue weighted by molar-refractivity contribution is -0.349. The number of ether oxygens (including phenoxy) is 6. The number of halogens is 27. The Balaban J connectivity index is 0.000000211. The maximum absolute atomic E-state index is 15.4. The lowest BCUT2D eigenvalue weighted by Gasteiger charge is -2.31. The Kier molecular flexibility index (Phi) is 22.9.